The third kappa shape index (κ3) is 2.72. The van der Waals surface area contributed by atoms with Crippen LogP contribution in [0, 0.1) is 83.1 Å². The van der Waals surface area contributed by atoms with E-state index < -0.39 is 0 Å². The van der Waals surface area contributed by atoms with Gasteiger partial charge in [0.15, 0.2) is 0 Å². The summed E-state index contributed by atoms with van der Waals surface area (Å²) < 4.78 is 2.69. The topological polar surface area (TPSA) is 4.41 Å². The lowest BCUT2D eigenvalue weighted by atomic mass is 9.86. The Balaban J connectivity index is 0.00000277. The molecule has 0 saturated heterocycles. The molecule has 0 amide bonds. The molecule has 0 atom stereocenters. The maximum Gasteiger partial charge on any atom is 0.0626 e. The van der Waals surface area contributed by atoms with Crippen LogP contribution in [0.3, 0.4) is 0 Å². The Bertz CT molecular complexity index is 2090. The van der Waals surface area contributed by atoms with E-state index in [1.165, 1.54) is 122 Å². The molecule has 0 saturated carbocycles. The first kappa shape index (κ1) is 25.9. The molecule has 39 heavy (non-hydrogen) atoms. The van der Waals surface area contributed by atoms with Crippen molar-refractivity contribution >= 4 is 38.1 Å². The van der Waals surface area contributed by atoms with Crippen molar-refractivity contribution in [2.45, 2.75) is 96.9 Å². The number of benzene rings is 4. The second kappa shape index (κ2) is 7.87. The first-order valence-electron chi connectivity index (χ1n) is 14.2. The molecule has 6 aromatic rings. The molecule has 0 bridgehead atoms. The summed E-state index contributed by atoms with van der Waals surface area (Å²) in [6, 6.07) is 2.40. The molecule has 7 rings (SSSR count). The van der Waals surface area contributed by atoms with E-state index in [4.69, 9.17) is 0 Å². The largest absolute Gasteiger partial charge is 0.307 e. The highest BCUT2D eigenvalue weighted by Gasteiger charge is 2.33. The van der Waals surface area contributed by atoms with Crippen LogP contribution in [0.25, 0.3) is 49.2 Å². The quantitative estimate of drug-likeness (QED) is 0.190. The van der Waals surface area contributed by atoms with Crippen molar-refractivity contribution in [1.82, 2.24) is 4.40 Å². The molecule has 0 unspecified atom stereocenters. The molecular weight excluding hydrogens is 470 g/mol. The molecule has 0 N–H and O–H groups in total. The lowest BCUT2D eigenvalue weighted by Gasteiger charge is -2.18. The molecule has 1 aliphatic carbocycles. The second-order valence-corrected chi connectivity index (χ2v) is 12.5. The third-order valence-corrected chi connectivity index (χ3v) is 11.1. The van der Waals surface area contributed by atoms with Gasteiger partial charge in [-0.2, -0.15) is 0 Å². The molecule has 1 heteroatoms. The van der Waals surface area contributed by atoms with Crippen molar-refractivity contribution in [3.05, 3.63) is 84.0 Å². The summed E-state index contributed by atoms with van der Waals surface area (Å²) in [6.45, 7) is 28.1. The van der Waals surface area contributed by atoms with E-state index in [-0.39, 0.29) is 7.43 Å². The van der Waals surface area contributed by atoms with Crippen LogP contribution in [0.4, 0.5) is 0 Å². The van der Waals surface area contributed by atoms with Crippen molar-refractivity contribution < 1.29 is 0 Å². The van der Waals surface area contributed by atoms with Gasteiger partial charge in [0.05, 0.1) is 16.6 Å². The van der Waals surface area contributed by atoms with Gasteiger partial charge >= 0.3 is 0 Å². The molecule has 200 valence electrons. The minimum atomic E-state index is 0. The summed E-state index contributed by atoms with van der Waals surface area (Å²) >= 11 is 0. The monoisotopic (exact) mass is 513 g/mol. The number of aromatic nitrogens is 1. The van der Waals surface area contributed by atoms with Gasteiger partial charge < -0.3 is 4.40 Å². The zero-order valence-corrected chi connectivity index (χ0v) is 25.2. The van der Waals surface area contributed by atoms with Crippen LogP contribution in [0.2, 0.25) is 0 Å². The van der Waals surface area contributed by atoms with E-state index in [2.05, 4.69) is 93.6 Å². The Morgan fingerprint density at radius 2 is 0.846 bits per heavy atom. The van der Waals surface area contributed by atoms with Gasteiger partial charge in [-0.3, -0.25) is 0 Å². The van der Waals surface area contributed by atoms with E-state index >= 15 is 0 Å². The summed E-state index contributed by atoms with van der Waals surface area (Å²) in [5, 5.41) is 5.94. The SMILES string of the molecule is C.Cc1cc(C)c2c(c1C)-c1c(C)c(C)c3c(c1C2)c1c(C)c(C)c(C)c2c4c(C)c(C)c(C)c(C)c4n3c21. The zero-order valence-electron chi connectivity index (χ0n) is 25.2. The second-order valence-electron chi connectivity index (χ2n) is 12.5. The Morgan fingerprint density at radius 1 is 0.410 bits per heavy atom. The fraction of sp³-hybridized carbons (Fsp3) is 0.368. The van der Waals surface area contributed by atoms with E-state index in [1.54, 1.807) is 5.56 Å². The lowest BCUT2D eigenvalue weighted by molar-refractivity contribution is 1.20. The van der Waals surface area contributed by atoms with Crippen LogP contribution in [0.5, 0.6) is 0 Å². The van der Waals surface area contributed by atoms with Crippen LogP contribution in [-0.2, 0) is 6.42 Å². The highest BCUT2D eigenvalue weighted by molar-refractivity contribution is 6.28. The fourth-order valence-electron chi connectivity index (χ4n) is 8.18. The van der Waals surface area contributed by atoms with E-state index in [0.29, 0.717) is 0 Å². The smallest absolute Gasteiger partial charge is 0.0626 e. The standard InChI is InChI=1S/C37H39N.CH4/c1-15-13-16(2)27-14-28-30(29(27)17(15)3)24(10)26(12)36-34(28)33-23(9)20(6)22(8)32-31-21(7)18(4)19(5)25(11)35(31)38(36)37(32)33;/h13H,14H2,1-12H3;1H4. The van der Waals surface area contributed by atoms with Gasteiger partial charge in [0.1, 0.15) is 0 Å². The number of rotatable bonds is 0. The number of fused-ring (bicyclic) bond motifs is 10. The molecule has 0 fully saturated rings. The minimum Gasteiger partial charge on any atom is -0.307 e. The average molecular weight is 514 g/mol. The lowest BCUT2D eigenvalue weighted by Crippen LogP contribution is -1.98. The maximum absolute atomic E-state index is 2.69. The molecule has 1 aliphatic rings. The Kier molecular flexibility index (Phi) is 5.24. The summed E-state index contributed by atoms with van der Waals surface area (Å²) in [4.78, 5) is 0. The number of hydrogen-bond acceptors (Lipinski definition) is 0. The predicted molar refractivity (Wildman–Crippen MR) is 173 cm³/mol. The first-order valence-corrected chi connectivity index (χ1v) is 14.2. The van der Waals surface area contributed by atoms with Crippen LogP contribution < -0.4 is 0 Å². The van der Waals surface area contributed by atoms with Crippen molar-refractivity contribution in [1.29, 1.82) is 0 Å². The molecule has 1 nitrogen and oxygen atoms in total. The Morgan fingerprint density at radius 3 is 1.46 bits per heavy atom. The molecule has 2 heterocycles. The molecular formula is C38H43N. The summed E-state index contributed by atoms with van der Waals surface area (Å²) in [5.41, 5.74) is 27.7. The van der Waals surface area contributed by atoms with Crippen LogP contribution in [0.1, 0.15) is 85.3 Å². The van der Waals surface area contributed by atoms with Crippen molar-refractivity contribution in [3.8, 4) is 11.1 Å². The number of nitrogens with zero attached hydrogens (tertiary/aromatic N) is 1. The highest BCUT2D eigenvalue weighted by atomic mass is 14.9. The summed E-state index contributed by atoms with van der Waals surface area (Å²) in [6.07, 6.45) is 1.04. The van der Waals surface area contributed by atoms with Crippen LogP contribution >= 0.6 is 0 Å². The van der Waals surface area contributed by atoms with Crippen LogP contribution in [0.15, 0.2) is 6.07 Å². The van der Waals surface area contributed by atoms with Crippen molar-refractivity contribution in [2.24, 2.45) is 0 Å². The summed E-state index contributed by atoms with van der Waals surface area (Å²) in [7, 11) is 0. The molecule has 0 radical (unpaired) electrons. The molecule has 0 spiro atoms. The minimum absolute atomic E-state index is 0. The van der Waals surface area contributed by atoms with Gasteiger partial charge in [-0.25, -0.2) is 0 Å². The van der Waals surface area contributed by atoms with Crippen molar-refractivity contribution in [3.63, 3.8) is 0 Å². The number of aryl methyl sites for hydroxylation is 7. The van der Waals surface area contributed by atoms with E-state index in [1.807, 2.05) is 0 Å². The van der Waals surface area contributed by atoms with E-state index in [0.717, 1.165) is 6.42 Å². The Labute approximate surface area is 234 Å². The maximum atomic E-state index is 2.69. The third-order valence-electron chi connectivity index (χ3n) is 11.1. The first-order chi connectivity index (χ1) is 17.9. The predicted octanol–water partition coefficient (Wildman–Crippen LogP) is 10.7. The summed E-state index contributed by atoms with van der Waals surface area (Å²) in [5.74, 6) is 0. The Hall–Kier alpha value is -3.32. The highest BCUT2D eigenvalue weighted by Crippen LogP contribution is 2.53. The normalized spacial score (nSPS) is 12.8. The van der Waals surface area contributed by atoms with Crippen molar-refractivity contribution in [2.75, 3.05) is 0 Å². The zero-order chi connectivity index (χ0) is 27.3. The van der Waals surface area contributed by atoms with Gasteiger partial charge in [0, 0.05) is 21.5 Å². The fourth-order valence-corrected chi connectivity index (χ4v) is 8.18. The van der Waals surface area contributed by atoms with Gasteiger partial charge in [-0.15, -0.1) is 0 Å². The molecule has 4 aromatic carbocycles. The van der Waals surface area contributed by atoms with Gasteiger partial charge in [-0.05, 0) is 179 Å². The average Bonchev–Trinajstić information content (AvgIpc) is 3.54. The van der Waals surface area contributed by atoms with E-state index in [9.17, 15) is 0 Å². The van der Waals surface area contributed by atoms with Gasteiger partial charge in [0.25, 0.3) is 0 Å². The molecule has 0 aliphatic heterocycles. The number of hydrogen-bond donors (Lipinski definition) is 0. The van der Waals surface area contributed by atoms with Crippen LogP contribution in [-0.4, -0.2) is 4.40 Å². The molecule has 2 aromatic heterocycles. The van der Waals surface area contributed by atoms with Gasteiger partial charge in [-0.1, -0.05) is 13.5 Å². The van der Waals surface area contributed by atoms with Gasteiger partial charge in [0.2, 0.25) is 0 Å².